The molecular weight excluding hydrogens is 1330 g/mol. The van der Waals surface area contributed by atoms with Gasteiger partial charge in [0.1, 0.15) is 83.2 Å². The molecule has 0 aliphatic carbocycles. The lowest BCUT2D eigenvalue weighted by molar-refractivity contribution is -0.157. The fourth-order valence-corrected chi connectivity index (χ4v) is 12.5. The number of carbonyl (C=O) groups excluding carboxylic acids is 12. The number of carbonyl (C=O) groups is 12. The summed E-state index contributed by atoms with van der Waals surface area (Å²) in [5, 5.41) is 33.0. The van der Waals surface area contributed by atoms with Crippen LogP contribution >= 0.6 is 0 Å². The average Bonchev–Trinajstić information content (AvgIpc) is 0.806. The minimum atomic E-state index is -1.61. The number of aliphatic hydroxyl groups is 1. The SMILES string of the molecule is CC=CCC(C)C(O)C1C(=O)NC(CC)C(=O)N(C)CC(=O)N(C)C(CC(C)C)C(=O)NC(C(C)C)C(=O)N(C)C(CC(C)C)C(=O)NC(C)C(=O)NC(C)C(=O)N(C)C(CC(C)C)C(=O)N(C)C(CC(C)C)C(=O)N(C)C(C(C)C)C(=O)N1C.COc1cc(O)c(C(=O)c2ccccc2)c(OC)c1. The normalized spacial score (nSPS) is 23.8. The van der Waals surface area contributed by atoms with E-state index < -0.39 is 156 Å². The molecule has 1 fully saturated rings. The van der Waals surface area contributed by atoms with Crippen molar-refractivity contribution in [1.29, 1.82) is 0 Å². The number of benzene rings is 2. The third-order valence-corrected chi connectivity index (χ3v) is 18.9. The average molecular weight is 1460 g/mol. The van der Waals surface area contributed by atoms with Crippen molar-refractivity contribution in [3.63, 3.8) is 0 Å². The molecule has 104 heavy (non-hydrogen) atoms. The summed E-state index contributed by atoms with van der Waals surface area (Å²) in [6.07, 6.45) is 3.04. The van der Waals surface area contributed by atoms with Crippen LogP contribution in [0.5, 0.6) is 17.2 Å². The van der Waals surface area contributed by atoms with Gasteiger partial charge in [0.2, 0.25) is 70.8 Å². The van der Waals surface area contributed by atoms with E-state index in [9.17, 15) is 58.2 Å². The van der Waals surface area contributed by atoms with Crippen LogP contribution in [-0.2, 0) is 52.7 Å². The second kappa shape index (κ2) is 42.4. The minimum Gasteiger partial charge on any atom is -0.507 e. The van der Waals surface area contributed by atoms with E-state index in [1.54, 1.807) is 84.9 Å². The van der Waals surface area contributed by atoms with Gasteiger partial charge in [-0.25, -0.2) is 0 Å². The Kier molecular flexibility index (Phi) is 37.3. The van der Waals surface area contributed by atoms with Gasteiger partial charge in [-0.05, 0) is 101 Å². The van der Waals surface area contributed by atoms with Gasteiger partial charge in [-0.2, -0.15) is 0 Å². The number of nitrogens with zero attached hydrogens (tertiary/aromatic N) is 7. The van der Waals surface area contributed by atoms with Crippen LogP contribution in [0.15, 0.2) is 54.6 Å². The van der Waals surface area contributed by atoms with E-state index in [1.807, 2.05) is 67.5 Å². The topological polar surface area (TPSA) is 335 Å². The number of rotatable bonds is 19. The Balaban J connectivity index is 0.00000165. The van der Waals surface area contributed by atoms with Gasteiger partial charge in [-0.3, -0.25) is 57.5 Å². The van der Waals surface area contributed by atoms with Gasteiger partial charge >= 0.3 is 0 Å². The summed E-state index contributed by atoms with van der Waals surface area (Å²) in [7, 11) is 12.8. The molecule has 0 saturated carbocycles. The first kappa shape index (κ1) is 91.5. The third-order valence-electron chi connectivity index (χ3n) is 18.9. The number of allylic oxidation sites excluding steroid dienone is 2. The molecule has 27 heteroatoms. The van der Waals surface area contributed by atoms with E-state index >= 15 is 9.59 Å². The van der Waals surface area contributed by atoms with E-state index in [0.717, 1.165) is 9.80 Å². The zero-order valence-electron chi connectivity index (χ0n) is 66.8. The number of amides is 11. The van der Waals surface area contributed by atoms with Crippen LogP contribution in [0.1, 0.15) is 172 Å². The summed E-state index contributed by atoms with van der Waals surface area (Å²) in [5.41, 5.74) is 0.621. The highest BCUT2D eigenvalue weighted by atomic mass is 16.5. The fourth-order valence-electron chi connectivity index (χ4n) is 12.5. The van der Waals surface area contributed by atoms with E-state index in [0.29, 0.717) is 17.7 Å². The first-order chi connectivity index (χ1) is 48.4. The Bertz CT molecular complexity index is 3270. The Morgan fingerprint density at radius 1 is 0.529 bits per heavy atom. The summed E-state index contributed by atoms with van der Waals surface area (Å²) in [5.74, 6) is -9.45. The highest BCUT2D eigenvalue weighted by Gasteiger charge is 2.46. The standard InChI is InChI=1S/C62H111N11O12.C15H14O4/c1-25-27-28-40(15)52(75)51-56(79)65-43(26-2)58(81)67(18)33-48(74)68(19)44(29-34(3)4)55(78)66-49(38(11)12)61(84)69(20)45(30-35(5)6)54(77)63-41(16)53(76)64-42(17)57(80)70(21)46(31-36(7)8)59(82)71(22)47(32-37(9)10)60(83)72(23)50(39(13)14)62(85)73(51)24;1-18-11-8-12(16)14(13(9-11)19-2)15(17)10-6-4-3-5-7-10/h25,27,34-47,49-52,75H,26,28-33H2,1-24H3,(H,63,77)(H,64,76)(H,65,79)(H,66,78);3-9,16H,1-2H3. The number of phenols is 1. The van der Waals surface area contributed by atoms with Crippen molar-refractivity contribution in [1.82, 2.24) is 55.6 Å². The molecular formula is C77H125N11O16. The molecule has 0 aromatic heterocycles. The van der Waals surface area contributed by atoms with Crippen LogP contribution in [0.4, 0.5) is 0 Å². The van der Waals surface area contributed by atoms with Gasteiger partial charge in [0, 0.05) is 67.0 Å². The van der Waals surface area contributed by atoms with Crippen molar-refractivity contribution in [3.05, 3.63) is 65.7 Å². The second-order valence-electron chi connectivity index (χ2n) is 30.0. The second-order valence-corrected chi connectivity index (χ2v) is 30.0. The van der Waals surface area contributed by atoms with E-state index in [1.165, 1.54) is 108 Å². The summed E-state index contributed by atoms with van der Waals surface area (Å²) >= 11 is 0. The quantitative estimate of drug-likeness (QED) is 0.0703. The molecule has 3 rings (SSSR count). The molecule has 12 unspecified atom stereocenters. The first-order valence-corrected chi connectivity index (χ1v) is 36.3. The number of aliphatic hydroxyl groups excluding tert-OH is 1. The Morgan fingerprint density at radius 3 is 1.46 bits per heavy atom. The molecule has 1 saturated heterocycles. The van der Waals surface area contributed by atoms with Crippen LogP contribution in [0.25, 0.3) is 0 Å². The van der Waals surface area contributed by atoms with Crippen LogP contribution < -0.4 is 30.7 Å². The van der Waals surface area contributed by atoms with Gasteiger partial charge in [0.25, 0.3) is 0 Å². The van der Waals surface area contributed by atoms with Crippen molar-refractivity contribution < 1.29 is 77.2 Å². The molecule has 11 amide bonds. The van der Waals surface area contributed by atoms with Gasteiger partial charge in [-0.15, -0.1) is 0 Å². The fraction of sp³-hybridized carbons (Fsp3) is 0.662. The van der Waals surface area contributed by atoms with Crippen molar-refractivity contribution >= 4 is 70.8 Å². The maximum Gasteiger partial charge on any atom is 0.246 e. The number of methoxy groups -OCH3 is 2. The zero-order chi connectivity index (χ0) is 79.8. The first-order valence-electron chi connectivity index (χ1n) is 36.3. The van der Waals surface area contributed by atoms with Gasteiger partial charge in [-0.1, -0.05) is 139 Å². The monoisotopic (exact) mass is 1460 g/mol. The molecule has 0 spiro atoms. The molecule has 12 atom stereocenters. The van der Waals surface area contributed by atoms with Crippen molar-refractivity contribution in [3.8, 4) is 17.2 Å². The number of aromatic hydroxyl groups is 1. The van der Waals surface area contributed by atoms with E-state index in [4.69, 9.17) is 9.47 Å². The summed E-state index contributed by atoms with van der Waals surface area (Å²) in [6, 6.07) is -0.653. The number of nitrogens with one attached hydrogen (secondary N) is 4. The lowest BCUT2D eigenvalue weighted by Crippen LogP contribution is -2.63. The third kappa shape index (κ3) is 25.3. The molecule has 0 radical (unpaired) electrons. The Morgan fingerprint density at radius 2 is 0.990 bits per heavy atom. The van der Waals surface area contributed by atoms with Gasteiger partial charge in [0.05, 0.1) is 26.9 Å². The lowest BCUT2D eigenvalue weighted by atomic mass is 9.91. The molecule has 6 N–H and O–H groups in total. The van der Waals surface area contributed by atoms with Crippen LogP contribution in [-0.4, -0.2) is 252 Å². The Hall–Kier alpha value is -8.62. The van der Waals surface area contributed by atoms with Crippen LogP contribution in [0.3, 0.4) is 0 Å². The molecule has 1 heterocycles. The van der Waals surface area contributed by atoms with E-state index in [2.05, 4.69) is 21.3 Å². The maximum absolute atomic E-state index is 15.1. The van der Waals surface area contributed by atoms with Crippen LogP contribution in [0, 0.1) is 41.4 Å². The summed E-state index contributed by atoms with van der Waals surface area (Å²) in [6.45, 7) is 29.3. The summed E-state index contributed by atoms with van der Waals surface area (Å²) in [4.78, 5) is 181. The van der Waals surface area contributed by atoms with Crippen LogP contribution in [0.2, 0.25) is 0 Å². The predicted octanol–water partition coefficient (Wildman–Crippen LogP) is 5.91. The number of ketones is 1. The largest absolute Gasteiger partial charge is 0.507 e. The molecule has 27 nitrogen and oxygen atoms in total. The van der Waals surface area contributed by atoms with Gasteiger partial charge < -0.3 is 75.3 Å². The summed E-state index contributed by atoms with van der Waals surface area (Å²) < 4.78 is 10.2. The molecule has 584 valence electrons. The lowest BCUT2D eigenvalue weighted by Gasteiger charge is -2.41. The molecule has 1 aliphatic rings. The zero-order valence-corrected chi connectivity index (χ0v) is 66.8. The number of likely N-dealkylation sites (N-methyl/N-ethyl adjacent to an activating group) is 7. The van der Waals surface area contributed by atoms with E-state index in [-0.39, 0.29) is 78.6 Å². The molecule has 2 aromatic rings. The van der Waals surface area contributed by atoms with Crippen molar-refractivity contribution in [2.45, 2.75) is 223 Å². The minimum absolute atomic E-state index is 0.0229. The molecule has 0 bridgehead atoms. The number of phenolic OH excluding ortho intramolecular Hbond substituents is 1. The van der Waals surface area contributed by atoms with Crippen molar-refractivity contribution in [2.24, 2.45) is 41.4 Å². The maximum atomic E-state index is 15.1. The van der Waals surface area contributed by atoms with Gasteiger partial charge in [0.15, 0.2) is 0 Å². The number of ether oxygens (including phenoxy) is 2. The smallest absolute Gasteiger partial charge is 0.246 e. The number of hydrogen-bond acceptors (Lipinski definition) is 16. The molecule has 1 aliphatic heterocycles. The molecule has 2 aromatic carbocycles. The highest BCUT2D eigenvalue weighted by Crippen LogP contribution is 2.35. The highest BCUT2D eigenvalue weighted by molar-refractivity contribution is 6.12. The predicted molar refractivity (Wildman–Crippen MR) is 400 cm³/mol. The number of hydrogen-bond donors (Lipinski definition) is 6. The Labute approximate surface area is 618 Å². The van der Waals surface area contributed by atoms with Crippen molar-refractivity contribution in [2.75, 3.05) is 70.1 Å².